The SMILES string of the molecule is OC(CNCCOCC(F)F)c1ccccc1Cl. The Kier molecular flexibility index (Phi) is 7.12. The monoisotopic (exact) mass is 279 g/mol. The molecule has 0 radical (unpaired) electrons. The van der Waals surface area contributed by atoms with Crippen LogP contribution in [-0.2, 0) is 4.74 Å². The van der Waals surface area contributed by atoms with Gasteiger partial charge in [0.1, 0.15) is 6.61 Å². The Balaban J connectivity index is 2.18. The Morgan fingerprint density at radius 3 is 2.72 bits per heavy atom. The van der Waals surface area contributed by atoms with Crippen LogP contribution in [0.2, 0.25) is 5.02 Å². The van der Waals surface area contributed by atoms with Crippen LogP contribution in [0.3, 0.4) is 0 Å². The Labute approximate surface area is 110 Å². The molecule has 18 heavy (non-hydrogen) atoms. The van der Waals surface area contributed by atoms with Crippen molar-refractivity contribution >= 4 is 11.6 Å². The zero-order valence-electron chi connectivity index (χ0n) is 9.78. The molecule has 1 atom stereocenters. The molecule has 0 aliphatic heterocycles. The highest BCUT2D eigenvalue weighted by molar-refractivity contribution is 6.31. The fourth-order valence-electron chi connectivity index (χ4n) is 1.41. The molecule has 1 aromatic carbocycles. The third-order valence-corrected chi connectivity index (χ3v) is 2.61. The maximum absolute atomic E-state index is 11.7. The van der Waals surface area contributed by atoms with Gasteiger partial charge in [-0.05, 0) is 6.07 Å². The third kappa shape index (κ3) is 5.73. The molecule has 0 heterocycles. The van der Waals surface area contributed by atoms with Crippen molar-refractivity contribution in [2.24, 2.45) is 0 Å². The minimum Gasteiger partial charge on any atom is -0.387 e. The maximum Gasteiger partial charge on any atom is 0.261 e. The molecule has 0 amide bonds. The second-order valence-corrected chi connectivity index (χ2v) is 4.11. The summed E-state index contributed by atoms with van der Waals surface area (Å²) in [6.45, 7) is 0.310. The van der Waals surface area contributed by atoms with Crippen LogP contribution in [0.4, 0.5) is 8.78 Å². The molecule has 0 saturated carbocycles. The summed E-state index contributed by atoms with van der Waals surface area (Å²) >= 11 is 5.92. The number of hydrogen-bond donors (Lipinski definition) is 2. The molecule has 102 valence electrons. The number of alkyl halides is 2. The number of rotatable bonds is 8. The van der Waals surface area contributed by atoms with Gasteiger partial charge >= 0.3 is 0 Å². The quantitative estimate of drug-likeness (QED) is 0.717. The lowest BCUT2D eigenvalue weighted by atomic mass is 10.1. The highest BCUT2D eigenvalue weighted by atomic mass is 35.5. The van der Waals surface area contributed by atoms with Crippen LogP contribution in [-0.4, -0.2) is 37.8 Å². The van der Waals surface area contributed by atoms with Crippen molar-refractivity contribution in [2.75, 3.05) is 26.3 Å². The summed E-state index contributed by atoms with van der Waals surface area (Å²) in [5, 5.41) is 13.2. The van der Waals surface area contributed by atoms with E-state index in [4.69, 9.17) is 11.6 Å². The van der Waals surface area contributed by atoms with E-state index in [9.17, 15) is 13.9 Å². The number of aliphatic hydroxyl groups is 1. The van der Waals surface area contributed by atoms with E-state index in [1.165, 1.54) is 0 Å². The van der Waals surface area contributed by atoms with Gasteiger partial charge < -0.3 is 15.2 Å². The van der Waals surface area contributed by atoms with Gasteiger partial charge in [-0.2, -0.15) is 0 Å². The number of hydrogen-bond acceptors (Lipinski definition) is 3. The van der Waals surface area contributed by atoms with Gasteiger partial charge in [0.05, 0.1) is 12.7 Å². The molecule has 0 spiro atoms. The van der Waals surface area contributed by atoms with E-state index in [2.05, 4.69) is 10.1 Å². The summed E-state index contributed by atoms with van der Waals surface area (Å²) in [4.78, 5) is 0. The van der Waals surface area contributed by atoms with Crippen molar-refractivity contribution in [2.45, 2.75) is 12.5 Å². The predicted molar refractivity (Wildman–Crippen MR) is 66.1 cm³/mol. The van der Waals surface area contributed by atoms with E-state index in [1.807, 2.05) is 0 Å². The van der Waals surface area contributed by atoms with Gasteiger partial charge in [-0.15, -0.1) is 0 Å². The van der Waals surface area contributed by atoms with Crippen molar-refractivity contribution in [3.05, 3.63) is 34.9 Å². The van der Waals surface area contributed by atoms with Gasteiger partial charge in [0.25, 0.3) is 6.43 Å². The van der Waals surface area contributed by atoms with Crippen molar-refractivity contribution in [3.8, 4) is 0 Å². The lowest BCUT2D eigenvalue weighted by Crippen LogP contribution is -2.26. The van der Waals surface area contributed by atoms with E-state index in [-0.39, 0.29) is 6.61 Å². The first-order valence-electron chi connectivity index (χ1n) is 5.60. The Hall–Kier alpha value is -0.750. The summed E-state index contributed by atoms with van der Waals surface area (Å²) in [7, 11) is 0. The molecule has 0 aliphatic carbocycles. The van der Waals surface area contributed by atoms with Gasteiger partial charge in [0.2, 0.25) is 0 Å². The Morgan fingerprint density at radius 2 is 2.06 bits per heavy atom. The van der Waals surface area contributed by atoms with Crippen LogP contribution in [0.15, 0.2) is 24.3 Å². The summed E-state index contributed by atoms with van der Waals surface area (Å²) in [6.07, 6.45) is -3.17. The minimum absolute atomic E-state index is 0.180. The van der Waals surface area contributed by atoms with Gasteiger partial charge in [0.15, 0.2) is 0 Å². The molecular formula is C12H16ClF2NO2. The molecule has 0 aromatic heterocycles. The topological polar surface area (TPSA) is 41.5 Å². The van der Waals surface area contributed by atoms with E-state index in [0.717, 1.165) is 0 Å². The lowest BCUT2D eigenvalue weighted by molar-refractivity contribution is 0.0181. The molecule has 1 aromatic rings. The molecule has 0 aliphatic rings. The smallest absolute Gasteiger partial charge is 0.261 e. The summed E-state index contributed by atoms with van der Waals surface area (Å²) in [5.41, 5.74) is 0.639. The Bertz CT molecular complexity index is 353. The molecule has 6 heteroatoms. The van der Waals surface area contributed by atoms with Gasteiger partial charge in [-0.1, -0.05) is 29.8 Å². The molecular weight excluding hydrogens is 264 g/mol. The van der Waals surface area contributed by atoms with Crippen LogP contribution in [0.5, 0.6) is 0 Å². The first-order chi connectivity index (χ1) is 8.61. The Morgan fingerprint density at radius 1 is 1.33 bits per heavy atom. The van der Waals surface area contributed by atoms with E-state index in [1.54, 1.807) is 24.3 Å². The van der Waals surface area contributed by atoms with Gasteiger partial charge in [-0.3, -0.25) is 0 Å². The summed E-state index contributed by atoms with van der Waals surface area (Å²) < 4.78 is 28.2. The highest BCUT2D eigenvalue weighted by Gasteiger charge is 2.10. The van der Waals surface area contributed by atoms with E-state index in [0.29, 0.717) is 23.7 Å². The first kappa shape index (κ1) is 15.3. The zero-order valence-corrected chi connectivity index (χ0v) is 10.5. The maximum atomic E-state index is 11.7. The van der Waals surface area contributed by atoms with Crippen molar-refractivity contribution in [1.82, 2.24) is 5.32 Å². The first-order valence-corrected chi connectivity index (χ1v) is 5.98. The van der Waals surface area contributed by atoms with Crippen molar-refractivity contribution in [1.29, 1.82) is 0 Å². The number of aliphatic hydroxyl groups excluding tert-OH is 1. The summed E-state index contributed by atoms with van der Waals surface area (Å²) in [5.74, 6) is 0. The van der Waals surface area contributed by atoms with Crippen LogP contribution in [0.1, 0.15) is 11.7 Å². The minimum atomic E-state index is -2.45. The third-order valence-electron chi connectivity index (χ3n) is 2.27. The summed E-state index contributed by atoms with van der Waals surface area (Å²) in [6, 6.07) is 7.01. The second-order valence-electron chi connectivity index (χ2n) is 3.71. The van der Waals surface area contributed by atoms with Crippen LogP contribution in [0, 0.1) is 0 Å². The average Bonchev–Trinajstić information content (AvgIpc) is 2.33. The zero-order chi connectivity index (χ0) is 13.4. The van der Waals surface area contributed by atoms with E-state index >= 15 is 0 Å². The predicted octanol–water partition coefficient (Wildman–Crippen LogP) is 2.24. The molecule has 1 unspecified atom stereocenters. The second kappa shape index (κ2) is 8.37. The molecule has 0 bridgehead atoms. The van der Waals surface area contributed by atoms with Crippen molar-refractivity contribution in [3.63, 3.8) is 0 Å². The van der Waals surface area contributed by atoms with E-state index < -0.39 is 19.1 Å². The van der Waals surface area contributed by atoms with Gasteiger partial charge in [-0.25, -0.2) is 8.78 Å². The number of nitrogens with one attached hydrogen (secondary N) is 1. The standard InChI is InChI=1S/C12H16ClF2NO2/c13-10-4-2-1-3-9(10)11(17)7-16-5-6-18-8-12(14)15/h1-4,11-12,16-17H,5-8H2. The van der Waals surface area contributed by atoms with Crippen LogP contribution in [0.25, 0.3) is 0 Å². The molecule has 0 saturated heterocycles. The number of ether oxygens (including phenoxy) is 1. The average molecular weight is 280 g/mol. The molecule has 0 fully saturated rings. The normalized spacial score (nSPS) is 12.9. The molecule has 1 rings (SSSR count). The van der Waals surface area contributed by atoms with Gasteiger partial charge in [0, 0.05) is 23.7 Å². The molecule has 2 N–H and O–H groups in total. The number of benzene rings is 1. The highest BCUT2D eigenvalue weighted by Crippen LogP contribution is 2.21. The fourth-order valence-corrected chi connectivity index (χ4v) is 1.67. The van der Waals surface area contributed by atoms with Crippen LogP contribution < -0.4 is 5.32 Å². The fraction of sp³-hybridized carbons (Fsp3) is 0.500. The van der Waals surface area contributed by atoms with Crippen molar-refractivity contribution < 1.29 is 18.6 Å². The van der Waals surface area contributed by atoms with Crippen LogP contribution >= 0.6 is 11.6 Å². The largest absolute Gasteiger partial charge is 0.387 e. The lowest BCUT2D eigenvalue weighted by Gasteiger charge is -2.13. The molecule has 3 nitrogen and oxygen atoms in total. The number of halogens is 3.